The minimum Gasteiger partial charge on any atom is -0.452 e. The Hall–Kier alpha value is -3.29. The van der Waals surface area contributed by atoms with Crippen LogP contribution in [0.25, 0.3) is 0 Å². The molecule has 0 bridgehead atoms. The van der Waals surface area contributed by atoms with Crippen LogP contribution < -0.4 is 10.2 Å². The molecular formula is C22H22F2N2O4. The highest BCUT2D eigenvalue weighted by Crippen LogP contribution is 2.29. The Morgan fingerprint density at radius 1 is 1.20 bits per heavy atom. The number of halogens is 2. The van der Waals surface area contributed by atoms with Crippen molar-refractivity contribution < 1.29 is 27.9 Å². The van der Waals surface area contributed by atoms with E-state index in [9.17, 15) is 23.2 Å². The van der Waals surface area contributed by atoms with Crippen LogP contribution in [0.15, 0.2) is 42.5 Å². The van der Waals surface area contributed by atoms with Crippen molar-refractivity contribution in [2.75, 3.05) is 16.8 Å². The second-order valence-electron chi connectivity index (χ2n) is 7.08. The van der Waals surface area contributed by atoms with Gasteiger partial charge in [-0.3, -0.25) is 14.4 Å². The molecule has 2 atom stereocenters. The van der Waals surface area contributed by atoms with Crippen LogP contribution in [0, 0.1) is 17.6 Å². The third-order valence-electron chi connectivity index (χ3n) is 4.97. The van der Waals surface area contributed by atoms with Gasteiger partial charge >= 0.3 is 5.97 Å². The molecule has 0 radical (unpaired) electrons. The Morgan fingerprint density at radius 2 is 1.93 bits per heavy atom. The molecule has 0 unspecified atom stereocenters. The predicted octanol–water partition coefficient (Wildman–Crippen LogP) is 3.45. The molecule has 1 aliphatic rings. The van der Waals surface area contributed by atoms with Crippen LogP contribution in [0.2, 0.25) is 0 Å². The molecule has 6 nitrogen and oxygen atoms in total. The van der Waals surface area contributed by atoms with E-state index >= 15 is 0 Å². The highest BCUT2D eigenvalue weighted by atomic mass is 19.2. The number of hydrogen-bond donors (Lipinski definition) is 1. The number of para-hydroxylation sites is 1. The number of nitrogens with one attached hydrogen (secondary N) is 1. The normalized spacial score (nSPS) is 17.0. The van der Waals surface area contributed by atoms with Gasteiger partial charge in [0, 0.05) is 30.4 Å². The van der Waals surface area contributed by atoms with E-state index in [1.165, 1.54) is 13.0 Å². The molecule has 158 valence electrons. The number of ether oxygens (including phenoxy) is 1. The fraction of sp³-hybridized carbons (Fsp3) is 0.318. The molecule has 1 N–H and O–H groups in total. The van der Waals surface area contributed by atoms with Crippen LogP contribution in [-0.2, 0) is 25.5 Å². The van der Waals surface area contributed by atoms with Crippen LogP contribution >= 0.6 is 0 Å². The van der Waals surface area contributed by atoms with E-state index in [1.54, 1.807) is 4.90 Å². The maximum atomic E-state index is 13.3. The molecule has 2 aromatic rings. The van der Waals surface area contributed by atoms with Crippen molar-refractivity contribution in [3.8, 4) is 0 Å². The monoisotopic (exact) mass is 416 g/mol. The van der Waals surface area contributed by atoms with Crippen LogP contribution in [-0.4, -0.2) is 30.4 Å². The zero-order chi connectivity index (χ0) is 21.8. The molecule has 0 saturated carbocycles. The summed E-state index contributed by atoms with van der Waals surface area (Å²) in [6.45, 7) is 3.53. The Balaban J connectivity index is 1.60. The van der Waals surface area contributed by atoms with Gasteiger partial charge in [-0.2, -0.15) is 0 Å². The number of anilines is 2. The average Bonchev–Trinajstić information content (AvgIpc) is 3.12. The second-order valence-corrected chi connectivity index (χ2v) is 7.08. The van der Waals surface area contributed by atoms with Crippen LogP contribution in [0.1, 0.15) is 25.8 Å². The number of carbonyl (C=O) groups excluding carboxylic acids is 3. The first-order valence-corrected chi connectivity index (χ1v) is 9.64. The maximum Gasteiger partial charge on any atom is 0.312 e. The molecule has 0 spiro atoms. The van der Waals surface area contributed by atoms with E-state index in [-0.39, 0.29) is 24.6 Å². The minimum atomic E-state index is -1.17. The molecule has 1 fully saturated rings. The van der Waals surface area contributed by atoms with Crippen molar-refractivity contribution in [3.05, 3.63) is 59.7 Å². The molecule has 2 aromatic carbocycles. The summed E-state index contributed by atoms with van der Waals surface area (Å²) >= 11 is 0. The maximum absolute atomic E-state index is 13.3. The van der Waals surface area contributed by atoms with E-state index in [2.05, 4.69) is 5.32 Å². The summed E-state index contributed by atoms with van der Waals surface area (Å²) < 4.78 is 31.5. The smallest absolute Gasteiger partial charge is 0.312 e. The number of esters is 1. The average molecular weight is 416 g/mol. The van der Waals surface area contributed by atoms with Gasteiger partial charge in [0.15, 0.2) is 17.7 Å². The van der Waals surface area contributed by atoms with Gasteiger partial charge in [-0.05, 0) is 37.1 Å². The lowest BCUT2D eigenvalue weighted by Crippen LogP contribution is -2.33. The Morgan fingerprint density at radius 3 is 2.63 bits per heavy atom. The molecule has 2 amide bonds. The Kier molecular flexibility index (Phi) is 6.44. The minimum absolute atomic E-state index is 0.00556. The molecule has 1 aliphatic heterocycles. The second kappa shape index (κ2) is 9.02. The lowest BCUT2D eigenvalue weighted by atomic mass is 10.1. The number of aryl methyl sites for hydroxylation is 1. The van der Waals surface area contributed by atoms with Gasteiger partial charge < -0.3 is 15.0 Å². The molecule has 30 heavy (non-hydrogen) atoms. The third-order valence-corrected chi connectivity index (χ3v) is 4.97. The van der Waals surface area contributed by atoms with Crippen molar-refractivity contribution >= 4 is 29.2 Å². The largest absolute Gasteiger partial charge is 0.452 e. The molecule has 1 saturated heterocycles. The Bertz CT molecular complexity index is 979. The first kappa shape index (κ1) is 21.4. The summed E-state index contributed by atoms with van der Waals surface area (Å²) in [7, 11) is 0. The van der Waals surface area contributed by atoms with Crippen molar-refractivity contribution in [2.24, 2.45) is 5.92 Å². The SMILES string of the molecule is CCc1ccccc1N1C[C@@H](C(=O)O[C@@H](C)C(=O)Nc2ccc(F)c(F)c2)CC1=O. The summed E-state index contributed by atoms with van der Waals surface area (Å²) in [5.74, 6) is -4.36. The van der Waals surface area contributed by atoms with Crippen LogP contribution in [0.4, 0.5) is 20.2 Å². The number of hydrogen-bond acceptors (Lipinski definition) is 4. The molecule has 1 heterocycles. The van der Waals surface area contributed by atoms with E-state index in [0.29, 0.717) is 0 Å². The number of nitrogens with zero attached hydrogens (tertiary/aromatic N) is 1. The summed E-state index contributed by atoms with van der Waals surface area (Å²) in [5, 5.41) is 2.36. The van der Waals surface area contributed by atoms with Gasteiger partial charge in [0.2, 0.25) is 5.91 Å². The molecule has 0 aromatic heterocycles. The van der Waals surface area contributed by atoms with Gasteiger partial charge in [-0.1, -0.05) is 25.1 Å². The number of benzene rings is 2. The van der Waals surface area contributed by atoms with Gasteiger partial charge in [-0.15, -0.1) is 0 Å². The van der Waals surface area contributed by atoms with Crippen LogP contribution in [0.3, 0.4) is 0 Å². The molecule has 0 aliphatic carbocycles. The number of amides is 2. The van der Waals surface area contributed by atoms with Crippen LogP contribution in [0.5, 0.6) is 0 Å². The van der Waals surface area contributed by atoms with Gasteiger partial charge in [0.25, 0.3) is 5.91 Å². The van der Waals surface area contributed by atoms with Gasteiger partial charge in [0.1, 0.15) is 0 Å². The first-order valence-electron chi connectivity index (χ1n) is 9.64. The lowest BCUT2D eigenvalue weighted by Gasteiger charge is -2.20. The predicted molar refractivity (Wildman–Crippen MR) is 107 cm³/mol. The van der Waals surface area contributed by atoms with E-state index < -0.39 is 35.5 Å². The molecular weight excluding hydrogens is 394 g/mol. The van der Waals surface area contributed by atoms with Crippen molar-refractivity contribution in [1.82, 2.24) is 0 Å². The zero-order valence-electron chi connectivity index (χ0n) is 16.7. The summed E-state index contributed by atoms with van der Waals surface area (Å²) in [6.07, 6.45) is -0.428. The van der Waals surface area contributed by atoms with E-state index in [4.69, 9.17) is 4.74 Å². The highest BCUT2D eigenvalue weighted by molar-refractivity contribution is 6.01. The zero-order valence-corrected chi connectivity index (χ0v) is 16.7. The Labute approximate surface area is 172 Å². The van der Waals surface area contributed by atoms with Crippen molar-refractivity contribution in [1.29, 1.82) is 0 Å². The van der Waals surface area contributed by atoms with E-state index in [1.807, 2.05) is 31.2 Å². The number of rotatable bonds is 6. The van der Waals surface area contributed by atoms with Gasteiger partial charge in [0.05, 0.1) is 5.92 Å². The first-order chi connectivity index (χ1) is 14.3. The lowest BCUT2D eigenvalue weighted by molar-refractivity contribution is -0.157. The summed E-state index contributed by atoms with van der Waals surface area (Å²) in [6, 6.07) is 10.4. The van der Waals surface area contributed by atoms with Crippen molar-refractivity contribution in [3.63, 3.8) is 0 Å². The molecule has 3 rings (SSSR count). The van der Waals surface area contributed by atoms with Crippen molar-refractivity contribution in [2.45, 2.75) is 32.8 Å². The number of carbonyl (C=O) groups is 3. The summed E-state index contributed by atoms with van der Waals surface area (Å²) in [4.78, 5) is 38.7. The quantitative estimate of drug-likeness (QED) is 0.732. The topological polar surface area (TPSA) is 75.7 Å². The van der Waals surface area contributed by atoms with Gasteiger partial charge in [-0.25, -0.2) is 8.78 Å². The fourth-order valence-electron chi connectivity index (χ4n) is 3.31. The molecule has 8 heteroatoms. The van der Waals surface area contributed by atoms with E-state index in [0.717, 1.165) is 29.8 Å². The highest BCUT2D eigenvalue weighted by Gasteiger charge is 2.37. The summed E-state index contributed by atoms with van der Waals surface area (Å²) in [5.41, 5.74) is 1.81. The fourth-order valence-corrected chi connectivity index (χ4v) is 3.31. The standard InChI is InChI=1S/C22H22F2N2O4/c1-3-14-6-4-5-7-19(14)26-12-15(10-20(26)27)22(29)30-13(2)21(28)25-16-8-9-17(23)18(24)11-16/h4-9,11,13,15H,3,10,12H2,1-2H3,(H,25,28)/t13-,15-/m0/s1. The third kappa shape index (κ3) is 4.64.